The van der Waals surface area contributed by atoms with Crippen molar-refractivity contribution in [3.8, 4) is 0 Å². The summed E-state index contributed by atoms with van der Waals surface area (Å²) in [7, 11) is 0. The summed E-state index contributed by atoms with van der Waals surface area (Å²) in [6.07, 6.45) is 7.08. The van der Waals surface area contributed by atoms with E-state index >= 15 is 0 Å². The molecule has 1 saturated heterocycles. The van der Waals surface area contributed by atoms with E-state index in [1.54, 1.807) is 30.6 Å². The molecule has 3 rings (SSSR count). The van der Waals surface area contributed by atoms with Crippen LogP contribution in [0.25, 0.3) is 0 Å². The number of furan rings is 1. The van der Waals surface area contributed by atoms with Crippen molar-refractivity contribution in [2.45, 2.75) is 25.8 Å². The predicted molar refractivity (Wildman–Crippen MR) is 80.0 cm³/mol. The molecule has 0 atom stereocenters. The van der Waals surface area contributed by atoms with E-state index in [9.17, 15) is 4.79 Å². The standard InChI is InChI=1S/C16H19N3O2/c20-16(18-13-6-8-17-9-7-13)15-5-4-14(21-15)12-19-10-2-1-3-11-19/h4-9H,1-3,10-12H2,(H,17,18,20). The summed E-state index contributed by atoms with van der Waals surface area (Å²) in [6.45, 7) is 3.00. The highest BCUT2D eigenvalue weighted by molar-refractivity contribution is 6.02. The van der Waals surface area contributed by atoms with Gasteiger partial charge in [0.15, 0.2) is 5.76 Å². The minimum atomic E-state index is -0.230. The molecule has 0 aliphatic carbocycles. The van der Waals surface area contributed by atoms with Crippen LogP contribution in [0.1, 0.15) is 35.6 Å². The van der Waals surface area contributed by atoms with Gasteiger partial charge < -0.3 is 9.73 Å². The molecular weight excluding hydrogens is 266 g/mol. The van der Waals surface area contributed by atoms with Gasteiger partial charge in [-0.2, -0.15) is 0 Å². The molecule has 21 heavy (non-hydrogen) atoms. The minimum absolute atomic E-state index is 0.230. The molecule has 5 heteroatoms. The molecule has 1 N–H and O–H groups in total. The number of carbonyl (C=O) groups is 1. The molecule has 0 aromatic carbocycles. The molecule has 3 heterocycles. The highest BCUT2D eigenvalue weighted by atomic mass is 16.4. The van der Waals surface area contributed by atoms with Crippen LogP contribution in [0, 0.1) is 0 Å². The second kappa shape index (κ2) is 6.54. The normalized spacial score (nSPS) is 15.8. The van der Waals surface area contributed by atoms with Crippen LogP contribution in [0.5, 0.6) is 0 Å². The molecule has 110 valence electrons. The van der Waals surface area contributed by atoms with Gasteiger partial charge in [0, 0.05) is 18.1 Å². The van der Waals surface area contributed by atoms with E-state index in [4.69, 9.17) is 4.42 Å². The maximum Gasteiger partial charge on any atom is 0.291 e. The van der Waals surface area contributed by atoms with Crippen LogP contribution < -0.4 is 5.32 Å². The summed E-state index contributed by atoms with van der Waals surface area (Å²) in [5.74, 6) is 0.960. The van der Waals surface area contributed by atoms with Crippen molar-refractivity contribution in [1.29, 1.82) is 0 Å². The van der Waals surface area contributed by atoms with Crippen LogP contribution in [-0.4, -0.2) is 28.9 Å². The van der Waals surface area contributed by atoms with E-state index in [0.717, 1.165) is 25.4 Å². The number of anilines is 1. The summed E-state index contributed by atoms with van der Waals surface area (Å²) >= 11 is 0. The van der Waals surface area contributed by atoms with E-state index < -0.39 is 0 Å². The lowest BCUT2D eigenvalue weighted by Crippen LogP contribution is -2.28. The van der Waals surface area contributed by atoms with Crippen LogP contribution in [-0.2, 0) is 6.54 Å². The molecular formula is C16H19N3O2. The van der Waals surface area contributed by atoms with Crippen molar-refractivity contribution < 1.29 is 9.21 Å². The van der Waals surface area contributed by atoms with Crippen LogP contribution in [0.15, 0.2) is 41.1 Å². The molecule has 0 unspecified atom stereocenters. The number of pyridine rings is 1. The van der Waals surface area contributed by atoms with Crippen molar-refractivity contribution in [2.75, 3.05) is 18.4 Å². The number of hydrogen-bond donors (Lipinski definition) is 1. The Kier molecular flexibility index (Phi) is 4.31. The Hall–Kier alpha value is -2.14. The Labute approximate surface area is 124 Å². The summed E-state index contributed by atoms with van der Waals surface area (Å²) in [6, 6.07) is 7.11. The maximum atomic E-state index is 12.1. The Balaban J connectivity index is 1.60. The number of piperidine rings is 1. The lowest BCUT2D eigenvalue weighted by molar-refractivity contribution is 0.0992. The summed E-state index contributed by atoms with van der Waals surface area (Å²) in [5.41, 5.74) is 0.712. The fourth-order valence-corrected chi connectivity index (χ4v) is 2.55. The van der Waals surface area contributed by atoms with E-state index in [-0.39, 0.29) is 5.91 Å². The number of amides is 1. The molecule has 5 nitrogen and oxygen atoms in total. The van der Waals surface area contributed by atoms with Gasteiger partial charge in [0.1, 0.15) is 5.76 Å². The number of nitrogens with zero attached hydrogens (tertiary/aromatic N) is 2. The largest absolute Gasteiger partial charge is 0.455 e. The Morgan fingerprint density at radius 1 is 1.14 bits per heavy atom. The van der Waals surface area contributed by atoms with E-state index in [0.29, 0.717) is 11.4 Å². The molecule has 1 amide bonds. The van der Waals surface area contributed by atoms with E-state index in [2.05, 4.69) is 15.2 Å². The van der Waals surface area contributed by atoms with Gasteiger partial charge >= 0.3 is 0 Å². The summed E-state index contributed by atoms with van der Waals surface area (Å²) < 4.78 is 5.65. The van der Waals surface area contributed by atoms with Crippen molar-refractivity contribution in [3.63, 3.8) is 0 Å². The molecule has 1 fully saturated rings. The maximum absolute atomic E-state index is 12.1. The van der Waals surface area contributed by atoms with Gasteiger partial charge in [-0.1, -0.05) is 6.42 Å². The monoisotopic (exact) mass is 285 g/mol. The molecule has 0 spiro atoms. The number of nitrogens with one attached hydrogen (secondary N) is 1. The first-order valence-electron chi connectivity index (χ1n) is 7.34. The smallest absolute Gasteiger partial charge is 0.291 e. The first-order valence-corrected chi connectivity index (χ1v) is 7.34. The average molecular weight is 285 g/mol. The topological polar surface area (TPSA) is 58.4 Å². The van der Waals surface area contributed by atoms with E-state index in [1.807, 2.05) is 6.07 Å². The summed E-state index contributed by atoms with van der Waals surface area (Å²) in [5, 5.41) is 2.79. The van der Waals surface area contributed by atoms with Crippen molar-refractivity contribution in [1.82, 2.24) is 9.88 Å². The quantitative estimate of drug-likeness (QED) is 0.938. The molecule has 0 saturated carbocycles. The van der Waals surface area contributed by atoms with Gasteiger partial charge in [-0.3, -0.25) is 14.7 Å². The van der Waals surface area contributed by atoms with Crippen molar-refractivity contribution in [2.24, 2.45) is 0 Å². The van der Waals surface area contributed by atoms with Gasteiger partial charge in [-0.15, -0.1) is 0 Å². The Morgan fingerprint density at radius 2 is 1.90 bits per heavy atom. The van der Waals surface area contributed by atoms with Gasteiger partial charge in [0.2, 0.25) is 0 Å². The van der Waals surface area contributed by atoms with Crippen molar-refractivity contribution >= 4 is 11.6 Å². The third kappa shape index (κ3) is 3.70. The van der Waals surface area contributed by atoms with Gasteiger partial charge in [-0.25, -0.2) is 0 Å². The van der Waals surface area contributed by atoms with Gasteiger partial charge in [0.05, 0.1) is 6.54 Å². The number of aromatic nitrogens is 1. The van der Waals surface area contributed by atoms with Crippen LogP contribution >= 0.6 is 0 Å². The molecule has 0 bridgehead atoms. The van der Waals surface area contributed by atoms with Crippen molar-refractivity contribution in [3.05, 3.63) is 48.2 Å². The van der Waals surface area contributed by atoms with Crippen LogP contribution in [0.2, 0.25) is 0 Å². The molecule has 0 radical (unpaired) electrons. The van der Waals surface area contributed by atoms with E-state index in [1.165, 1.54) is 19.3 Å². The Bertz CT molecular complexity index is 589. The van der Waals surface area contributed by atoms with Gasteiger partial charge in [-0.05, 0) is 50.2 Å². The zero-order valence-electron chi connectivity index (χ0n) is 11.9. The highest BCUT2D eigenvalue weighted by Crippen LogP contribution is 2.16. The zero-order chi connectivity index (χ0) is 14.5. The highest BCUT2D eigenvalue weighted by Gasteiger charge is 2.15. The third-order valence-electron chi connectivity index (χ3n) is 3.65. The lowest BCUT2D eigenvalue weighted by Gasteiger charge is -2.25. The van der Waals surface area contributed by atoms with Crippen LogP contribution in [0.3, 0.4) is 0 Å². The molecule has 2 aromatic rings. The van der Waals surface area contributed by atoms with Gasteiger partial charge in [0.25, 0.3) is 5.91 Å². The fourth-order valence-electron chi connectivity index (χ4n) is 2.55. The van der Waals surface area contributed by atoms with Crippen LogP contribution in [0.4, 0.5) is 5.69 Å². The second-order valence-corrected chi connectivity index (χ2v) is 5.29. The third-order valence-corrected chi connectivity index (χ3v) is 3.65. The number of carbonyl (C=O) groups excluding carboxylic acids is 1. The number of rotatable bonds is 4. The lowest BCUT2D eigenvalue weighted by atomic mass is 10.1. The predicted octanol–water partition coefficient (Wildman–Crippen LogP) is 2.91. The fraction of sp³-hybridized carbons (Fsp3) is 0.375. The second-order valence-electron chi connectivity index (χ2n) is 5.29. The number of likely N-dealkylation sites (tertiary alicyclic amines) is 1. The molecule has 1 aliphatic rings. The zero-order valence-corrected chi connectivity index (χ0v) is 11.9. The molecule has 2 aromatic heterocycles. The number of hydrogen-bond acceptors (Lipinski definition) is 4. The average Bonchev–Trinajstić information content (AvgIpc) is 2.98. The summed E-state index contributed by atoms with van der Waals surface area (Å²) in [4.78, 5) is 18.4. The molecule has 1 aliphatic heterocycles. The minimum Gasteiger partial charge on any atom is -0.455 e. The first-order chi connectivity index (χ1) is 10.3. The Morgan fingerprint density at radius 3 is 2.67 bits per heavy atom. The SMILES string of the molecule is O=C(Nc1ccncc1)c1ccc(CN2CCCCC2)o1. The first kappa shape index (κ1) is 13.8.